The second-order valence-corrected chi connectivity index (χ2v) is 6.50. The van der Waals surface area contributed by atoms with Crippen molar-refractivity contribution in [2.24, 2.45) is 16.6 Å². The third kappa shape index (κ3) is 1.73. The second-order valence-electron chi connectivity index (χ2n) is 4.55. The van der Waals surface area contributed by atoms with Gasteiger partial charge in [-0.1, -0.05) is 23.3 Å². The number of hydrogen-bond acceptors (Lipinski definition) is 5. The monoisotopic (exact) mass is 264 g/mol. The molecular weight excluding hydrogens is 251 g/mol. The molecule has 0 aliphatic carbocycles. The smallest absolute Gasteiger partial charge is 0.154 e. The number of nitrogens with two attached hydrogens (primary N) is 1. The van der Waals surface area contributed by atoms with Crippen molar-refractivity contribution in [1.29, 1.82) is 0 Å². The maximum Gasteiger partial charge on any atom is 0.154 e. The third-order valence-electron chi connectivity index (χ3n) is 3.51. The molecule has 1 aromatic rings. The van der Waals surface area contributed by atoms with Crippen LogP contribution in [0.3, 0.4) is 0 Å². The Morgan fingerprint density at radius 3 is 3.18 bits per heavy atom. The highest BCUT2D eigenvalue weighted by molar-refractivity contribution is 8.13. The van der Waals surface area contributed by atoms with Gasteiger partial charge < -0.3 is 10.5 Å². The average molecular weight is 264 g/mol. The minimum absolute atomic E-state index is 0.225. The number of thiophene rings is 1. The Morgan fingerprint density at radius 1 is 1.65 bits per heavy atom. The van der Waals surface area contributed by atoms with Crippen LogP contribution in [-0.4, -0.2) is 31.5 Å². The van der Waals surface area contributed by atoms with Gasteiger partial charge in [-0.05, 0) is 12.3 Å². The molecule has 3 nitrogen and oxygen atoms in total. The second kappa shape index (κ2) is 4.04. The minimum atomic E-state index is -0.295. The summed E-state index contributed by atoms with van der Waals surface area (Å²) in [4.78, 5) is 5.87. The molecule has 3 atom stereocenters. The van der Waals surface area contributed by atoms with Crippen LogP contribution in [0.1, 0.15) is 11.8 Å². The van der Waals surface area contributed by atoms with E-state index in [0.29, 0.717) is 17.7 Å². The quantitative estimate of drug-likeness (QED) is 0.764. The zero-order valence-corrected chi connectivity index (χ0v) is 11.2. The Balaban J connectivity index is 2.10. The first-order valence-electron chi connectivity index (χ1n) is 5.56. The molecule has 3 heterocycles. The summed E-state index contributed by atoms with van der Waals surface area (Å²) in [5.74, 6) is 1.35. The van der Waals surface area contributed by atoms with Crippen molar-refractivity contribution in [3.63, 3.8) is 0 Å². The largest absolute Gasteiger partial charge is 0.379 e. The maximum absolute atomic E-state index is 5.90. The highest BCUT2D eigenvalue weighted by Gasteiger charge is 2.52. The predicted molar refractivity (Wildman–Crippen MR) is 74.4 cm³/mol. The van der Waals surface area contributed by atoms with Gasteiger partial charge in [-0.25, -0.2) is 4.99 Å². The minimum Gasteiger partial charge on any atom is -0.379 e. The van der Waals surface area contributed by atoms with Crippen LogP contribution in [0.15, 0.2) is 16.4 Å². The van der Waals surface area contributed by atoms with Gasteiger partial charge >= 0.3 is 0 Å². The molecule has 1 fully saturated rings. The van der Waals surface area contributed by atoms with Gasteiger partial charge in [0.05, 0.1) is 12.7 Å². The van der Waals surface area contributed by atoms with Crippen molar-refractivity contribution in [2.75, 3.05) is 12.4 Å². The van der Waals surface area contributed by atoms with E-state index in [1.807, 2.05) is 11.4 Å². The molecular formula is C11H13BN2OS2. The SMILES string of the molecule is [B]c1csc([C@]23CO[C@H](C)[C@H]2CSC(N)=N3)c1. The van der Waals surface area contributed by atoms with Crippen LogP contribution in [0.2, 0.25) is 0 Å². The Bertz CT molecular complexity index is 476. The lowest BCUT2D eigenvalue weighted by Crippen LogP contribution is -2.40. The molecule has 0 aromatic carbocycles. The van der Waals surface area contributed by atoms with E-state index in [1.54, 1.807) is 23.1 Å². The van der Waals surface area contributed by atoms with E-state index in [1.165, 1.54) is 4.88 Å². The van der Waals surface area contributed by atoms with Crippen LogP contribution in [0.5, 0.6) is 0 Å². The number of amidine groups is 1. The lowest BCUT2D eigenvalue weighted by molar-refractivity contribution is 0.108. The molecule has 2 radical (unpaired) electrons. The Morgan fingerprint density at radius 2 is 2.47 bits per heavy atom. The van der Waals surface area contributed by atoms with Gasteiger partial charge in [0, 0.05) is 16.5 Å². The maximum atomic E-state index is 5.90. The molecule has 6 heteroatoms. The summed E-state index contributed by atoms with van der Waals surface area (Å²) in [6, 6.07) is 2.01. The van der Waals surface area contributed by atoms with Gasteiger partial charge in [-0.15, -0.1) is 11.3 Å². The molecule has 2 aliphatic rings. The van der Waals surface area contributed by atoms with Crippen molar-refractivity contribution in [3.8, 4) is 0 Å². The highest BCUT2D eigenvalue weighted by Crippen LogP contribution is 2.48. The first kappa shape index (κ1) is 11.6. The van der Waals surface area contributed by atoms with E-state index in [0.717, 1.165) is 11.2 Å². The fraction of sp³-hybridized carbons (Fsp3) is 0.545. The Labute approximate surface area is 110 Å². The van der Waals surface area contributed by atoms with Gasteiger partial charge in [0.25, 0.3) is 0 Å². The van der Waals surface area contributed by atoms with Crippen molar-refractivity contribution in [3.05, 3.63) is 16.3 Å². The molecule has 88 valence electrons. The molecule has 0 saturated carbocycles. The summed E-state index contributed by atoms with van der Waals surface area (Å²) >= 11 is 3.27. The van der Waals surface area contributed by atoms with Crippen LogP contribution in [0.4, 0.5) is 0 Å². The summed E-state index contributed by atoms with van der Waals surface area (Å²) < 4.78 is 5.81. The van der Waals surface area contributed by atoms with E-state index in [4.69, 9.17) is 23.3 Å². The Kier molecular flexibility index (Phi) is 2.76. The zero-order valence-electron chi connectivity index (χ0n) is 9.55. The Hall–Kier alpha value is -0.455. The number of fused-ring (bicyclic) bond motifs is 1. The molecule has 0 amide bonds. The lowest BCUT2D eigenvalue weighted by atomic mass is 9.83. The van der Waals surface area contributed by atoms with E-state index in [2.05, 4.69) is 6.92 Å². The summed E-state index contributed by atoms with van der Waals surface area (Å²) in [5, 5.41) is 2.61. The molecule has 0 unspecified atom stereocenters. The van der Waals surface area contributed by atoms with Crippen molar-refractivity contribution in [1.82, 2.24) is 0 Å². The van der Waals surface area contributed by atoms with Crippen molar-refractivity contribution >= 4 is 41.6 Å². The van der Waals surface area contributed by atoms with E-state index < -0.39 is 0 Å². The van der Waals surface area contributed by atoms with Crippen LogP contribution in [-0.2, 0) is 10.3 Å². The van der Waals surface area contributed by atoms with E-state index in [9.17, 15) is 0 Å². The van der Waals surface area contributed by atoms with Gasteiger partial charge in [0.1, 0.15) is 13.4 Å². The topological polar surface area (TPSA) is 47.6 Å². The predicted octanol–water partition coefficient (Wildman–Crippen LogP) is 0.834. The molecule has 2 N–H and O–H groups in total. The summed E-state index contributed by atoms with van der Waals surface area (Å²) in [5.41, 5.74) is 6.40. The third-order valence-corrected chi connectivity index (χ3v) is 5.54. The summed E-state index contributed by atoms with van der Waals surface area (Å²) in [6.07, 6.45) is 0.225. The lowest BCUT2D eigenvalue weighted by Gasteiger charge is -2.33. The van der Waals surface area contributed by atoms with Crippen LogP contribution in [0, 0.1) is 5.92 Å². The number of thioether (sulfide) groups is 1. The number of aliphatic imine (C=N–C) groups is 1. The fourth-order valence-electron chi connectivity index (χ4n) is 2.55. The molecule has 3 rings (SSSR count). The summed E-state index contributed by atoms with van der Waals surface area (Å²) in [7, 11) is 5.82. The normalized spacial score (nSPS) is 36.6. The number of nitrogens with zero attached hydrogens (tertiary/aromatic N) is 1. The molecule has 1 saturated heterocycles. The van der Waals surface area contributed by atoms with Gasteiger partial charge in [0.2, 0.25) is 0 Å². The molecule has 0 spiro atoms. The highest BCUT2D eigenvalue weighted by atomic mass is 32.2. The van der Waals surface area contributed by atoms with Crippen LogP contribution in [0.25, 0.3) is 0 Å². The number of rotatable bonds is 1. The van der Waals surface area contributed by atoms with Crippen LogP contribution < -0.4 is 11.2 Å². The van der Waals surface area contributed by atoms with E-state index >= 15 is 0 Å². The fourth-order valence-corrected chi connectivity index (χ4v) is 4.67. The van der Waals surface area contributed by atoms with Gasteiger partial charge in [0.15, 0.2) is 5.17 Å². The zero-order chi connectivity index (χ0) is 12.0. The first-order valence-corrected chi connectivity index (χ1v) is 7.42. The van der Waals surface area contributed by atoms with Gasteiger partial charge in [-0.3, -0.25) is 0 Å². The molecule has 2 aliphatic heterocycles. The number of hydrogen-bond donors (Lipinski definition) is 1. The molecule has 0 bridgehead atoms. The number of ether oxygens (including phenoxy) is 1. The summed E-state index contributed by atoms with van der Waals surface area (Å²) in [6.45, 7) is 2.72. The van der Waals surface area contributed by atoms with Crippen molar-refractivity contribution in [2.45, 2.75) is 18.6 Å². The van der Waals surface area contributed by atoms with E-state index in [-0.39, 0.29) is 11.6 Å². The molecule has 1 aromatic heterocycles. The molecule has 17 heavy (non-hydrogen) atoms. The van der Waals surface area contributed by atoms with Crippen molar-refractivity contribution < 1.29 is 4.74 Å². The average Bonchev–Trinajstić information content (AvgIpc) is 2.85. The van der Waals surface area contributed by atoms with Gasteiger partial charge in [-0.2, -0.15) is 0 Å². The first-order chi connectivity index (χ1) is 8.12. The standard InChI is InChI=1S/C11H13BN2OS2/c1-6-8-4-17-10(13)14-11(8,5-15-6)9-2-7(12)3-16-9/h2-3,6,8H,4-5H2,1H3,(H2,13,14)/t6-,8-,11+/m1/s1. The van der Waals surface area contributed by atoms with Crippen LogP contribution >= 0.6 is 23.1 Å².